The van der Waals surface area contributed by atoms with Crippen molar-refractivity contribution in [2.45, 2.75) is 90.2 Å². The van der Waals surface area contributed by atoms with E-state index < -0.39 is 36.1 Å². The van der Waals surface area contributed by atoms with Gasteiger partial charge in [0, 0.05) is 42.2 Å². The number of aryl methyl sites for hydroxylation is 1. The fraction of sp³-hybridized carbons (Fsp3) is 0.360. The molecule has 1 heterocycles. The Hall–Kier alpha value is -5.88. The standard InChI is InChI=1S/C50H51Cl2N3O10/c1-4-62-43-20-45(39(51)18-31(43)15-16-49(2,27-56)47(58)59)64-41-13-11-35-33(7-5-9-37(35)41)34-8-6-10-38-36(34)12-14-42(38)65-46-21-44(63-26-30-17-29(22-53)23-54-24-30)32(19-40(46)52)25-55-50(3,28-57)48(60)61/h5-10,17-21,23-24,41-42,55-57H,4,11-16,25-28H2,1-3H3,(H,58,59)(H,60,61)/t41-,42-,49-,50-/m0/s1. The van der Waals surface area contributed by atoms with Crippen LogP contribution in [0.25, 0.3) is 11.1 Å². The first kappa shape index (κ1) is 47.1. The normalized spacial score (nSPS) is 17.0. The van der Waals surface area contributed by atoms with E-state index in [1.165, 1.54) is 31.2 Å². The maximum Gasteiger partial charge on any atom is 0.326 e. The highest BCUT2D eigenvalue weighted by atomic mass is 35.5. The Kier molecular flexibility index (Phi) is 14.6. The number of ether oxygens (including phenoxy) is 4. The van der Waals surface area contributed by atoms with Crippen molar-refractivity contribution in [3.63, 3.8) is 0 Å². The summed E-state index contributed by atoms with van der Waals surface area (Å²) in [6.07, 6.45) is 5.94. The lowest BCUT2D eigenvalue weighted by Gasteiger charge is -2.25. The van der Waals surface area contributed by atoms with Crippen molar-refractivity contribution in [2.24, 2.45) is 5.41 Å². The molecule has 4 atom stereocenters. The Bertz CT molecular complexity index is 2640. The minimum Gasteiger partial charge on any atom is -0.493 e. The van der Waals surface area contributed by atoms with Crippen molar-refractivity contribution < 1.29 is 49.0 Å². The second kappa shape index (κ2) is 20.1. The summed E-state index contributed by atoms with van der Waals surface area (Å²) in [5.41, 5.74) is 6.08. The maximum atomic E-state index is 11.9. The Morgan fingerprint density at radius 3 is 1.91 bits per heavy atom. The number of nitrogens with zero attached hydrogens (tertiary/aromatic N) is 2. The Labute approximate surface area is 387 Å². The molecular weight excluding hydrogens is 873 g/mol. The van der Waals surface area contributed by atoms with Crippen molar-refractivity contribution in [3.05, 3.63) is 134 Å². The first-order valence-corrected chi connectivity index (χ1v) is 22.2. The number of aliphatic hydroxyl groups excluding tert-OH is 2. The Morgan fingerprint density at radius 2 is 1.38 bits per heavy atom. The number of aromatic nitrogens is 1. The number of fused-ring (bicyclic) bond motifs is 2. The van der Waals surface area contributed by atoms with Crippen LogP contribution in [-0.4, -0.2) is 62.7 Å². The monoisotopic (exact) mass is 923 g/mol. The lowest BCUT2D eigenvalue weighted by molar-refractivity contribution is -0.150. The first-order valence-electron chi connectivity index (χ1n) is 21.5. The summed E-state index contributed by atoms with van der Waals surface area (Å²) in [7, 11) is 0. The van der Waals surface area contributed by atoms with E-state index in [9.17, 15) is 35.3 Å². The number of hydrogen-bond acceptors (Lipinski definition) is 11. The molecule has 15 heteroatoms. The summed E-state index contributed by atoms with van der Waals surface area (Å²) in [5, 5.41) is 52.0. The number of carboxylic acid groups (broad SMARTS) is 2. The quantitative estimate of drug-likeness (QED) is 0.0496. The number of nitriles is 1. The van der Waals surface area contributed by atoms with E-state index in [0.29, 0.717) is 69.2 Å². The van der Waals surface area contributed by atoms with Crippen LogP contribution in [-0.2, 0) is 42.0 Å². The van der Waals surface area contributed by atoms with Gasteiger partial charge < -0.3 is 39.4 Å². The van der Waals surface area contributed by atoms with Crippen molar-refractivity contribution >= 4 is 35.1 Å². The number of carboxylic acids is 2. The molecule has 340 valence electrons. The van der Waals surface area contributed by atoms with E-state index >= 15 is 0 Å². The molecular formula is C50H51Cl2N3O10. The highest BCUT2D eigenvalue weighted by Crippen LogP contribution is 2.47. The van der Waals surface area contributed by atoms with E-state index in [-0.39, 0.29) is 31.8 Å². The van der Waals surface area contributed by atoms with Crippen LogP contribution in [0, 0.1) is 16.7 Å². The van der Waals surface area contributed by atoms with Crippen LogP contribution in [0.15, 0.2) is 79.1 Å². The highest BCUT2D eigenvalue weighted by Gasteiger charge is 2.35. The van der Waals surface area contributed by atoms with Crippen molar-refractivity contribution in [3.8, 4) is 40.2 Å². The smallest absolute Gasteiger partial charge is 0.326 e. The zero-order valence-corrected chi connectivity index (χ0v) is 37.8. The predicted molar refractivity (Wildman–Crippen MR) is 244 cm³/mol. The van der Waals surface area contributed by atoms with Gasteiger partial charge in [-0.3, -0.25) is 19.9 Å². The van der Waals surface area contributed by atoms with Crippen LogP contribution in [0.2, 0.25) is 10.0 Å². The molecule has 2 aliphatic carbocycles. The number of nitrogens with one attached hydrogen (secondary N) is 1. The zero-order chi connectivity index (χ0) is 46.5. The molecule has 5 N–H and O–H groups in total. The fourth-order valence-corrected chi connectivity index (χ4v) is 8.78. The summed E-state index contributed by atoms with van der Waals surface area (Å²) in [6, 6.07) is 23.1. The molecule has 0 saturated carbocycles. The maximum absolute atomic E-state index is 11.9. The van der Waals surface area contributed by atoms with Gasteiger partial charge >= 0.3 is 11.9 Å². The number of pyridine rings is 1. The molecule has 0 spiro atoms. The van der Waals surface area contributed by atoms with E-state index in [1.54, 1.807) is 36.5 Å². The molecule has 4 aromatic carbocycles. The van der Waals surface area contributed by atoms with Gasteiger partial charge in [-0.2, -0.15) is 5.26 Å². The van der Waals surface area contributed by atoms with E-state index in [1.807, 2.05) is 19.1 Å². The average Bonchev–Trinajstić information content (AvgIpc) is 3.92. The number of carbonyl (C=O) groups is 2. The molecule has 2 aliphatic rings. The van der Waals surface area contributed by atoms with E-state index in [0.717, 1.165) is 47.1 Å². The van der Waals surface area contributed by atoms with Gasteiger partial charge in [0.15, 0.2) is 0 Å². The third kappa shape index (κ3) is 10.2. The van der Waals surface area contributed by atoms with Crippen LogP contribution in [0.3, 0.4) is 0 Å². The lowest BCUT2D eigenvalue weighted by Crippen LogP contribution is -2.52. The van der Waals surface area contributed by atoms with Gasteiger partial charge in [-0.25, -0.2) is 0 Å². The van der Waals surface area contributed by atoms with Crippen LogP contribution in [0.1, 0.15) is 96.7 Å². The van der Waals surface area contributed by atoms with Gasteiger partial charge in [-0.1, -0.05) is 59.6 Å². The molecule has 0 saturated heterocycles. The van der Waals surface area contributed by atoms with Gasteiger partial charge in [0.1, 0.15) is 53.4 Å². The number of hydrogen-bond donors (Lipinski definition) is 5. The minimum atomic E-state index is -1.62. The second-order valence-corrected chi connectivity index (χ2v) is 17.7. The molecule has 0 unspecified atom stereocenters. The topological polar surface area (TPSA) is 201 Å². The molecule has 0 amide bonds. The molecule has 13 nitrogen and oxygen atoms in total. The third-order valence-corrected chi connectivity index (χ3v) is 13.0. The van der Waals surface area contributed by atoms with Gasteiger partial charge in [-0.05, 0) is 116 Å². The van der Waals surface area contributed by atoms with Crippen molar-refractivity contribution in [1.82, 2.24) is 10.3 Å². The van der Waals surface area contributed by atoms with Crippen LogP contribution in [0.5, 0.6) is 23.0 Å². The molecule has 0 aliphatic heterocycles. The SMILES string of the molecule is CCOc1cc(O[C@H]2CCc3c(-c4cccc5c4CC[C@@H]5Oc4cc(OCc5cncc(C#N)c5)c(CN[C@@](C)(CO)C(=O)O)cc4Cl)cccc32)c(Cl)cc1CC[C@@](C)(CO)C(=O)O. The molecule has 0 bridgehead atoms. The molecule has 5 aromatic rings. The van der Waals surface area contributed by atoms with Crippen LogP contribution >= 0.6 is 23.2 Å². The largest absolute Gasteiger partial charge is 0.493 e. The minimum absolute atomic E-state index is 0.00754. The van der Waals surface area contributed by atoms with E-state index in [4.69, 9.17) is 42.1 Å². The summed E-state index contributed by atoms with van der Waals surface area (Å²) < 4.78 is 25.5. The molecule has 7 rings (SSSR count). The van der Waals surface area contributed by atoms with Crippen LogP contribution in [0.4, 0.5) is 0 Å². The van der Waals surface area contributed by atoms with E-state index in [2.05, 4.69) is 40.6 Å². The first-order chi connectivity index (χ1) is 31.2. The molecule has 65 heavy (non-hydrogen) atoms. The Morgan fingerprint density at radius 1 is 0.800 bits per heavy atom. The van der Waals surface area contributed by atoms with Gasteiger partial charge in [0.2, 0.25) is 0 Å². The van der Waals surface area contributed by atoms with Gasteiger partial charge in [0.25, 0.3) is 0 Å². The zero-order valence-electron chi connectivity index (χ0n) is 36.3. The third-order valence-electron chi connectivity index (χ3n) is 12.4. The number of rotatable bonds is 20. The number of halogens is 2. The number of benzene rings is 4. The lowest BCUT2D eigenvalue weighted by atomic mass is 9.85. The summed E-state index contributed by atoms with van der Waals surface area (Å²) >= 11 is 13.7. The molecule has 0 fully saturated rings. The highest BCUT2D eigenvalue weighted by molar-refractivity contribution is 6.32. The van der Waals surface area contributed by atoms with Crippen molar-refractivity contribution in [1.29, 1.82) is 5.26 Å². The van der Waals surface area contributed by atoms with Gasteiger partial charge in [-0.15, -0.1) is 0 Å². The average molecular weight is 925 g/mol. The predicted octanol–water partition coefficient (Wildman–Crippen LogP) is 8.98. The van der Waals surface area contributed by atoms with Gasteiger partial charge in [0.05, 0.1) is 40.8 Å². The second-order valence-electron chi connectivity index (χ2n) is 16.9. The number of aliphatic hydroxyl groups is 2. The summed E-state index contributed by atoms with van der Waals surface area (Å²) in [6.45, 7) is 4.10. The fourth-order valence-electron chi connectivity index (χ4n) is 8.32. The molecule has 0 radical (unpaired) electrons. The summed E-state index contributed by atoms with van der Waals surface area (Å²) in [4.78, 5) is 27.9. The van der Waals surface area contributed by atoms with Crippen molar-refractivity contribution in [2.75, 3.05) is 19.8 Å². The summed E-state index contributed by atoms with van der Waals surface area (Å²) in [5.74, 6) is -0.507. The number of aliphatic carboxylic acids is 2. The van der Waals surface area contributed by atoms with Crippen LogP contribution < -0.4 is 24.3 Å². The Balaban J connectivity index is 1.12. The molecule has 1 aromatic heterocycles.